The molecule has 0 bridgehead atoms. The van der Waals surface area contributed by atoms with Gasteiger partial charge in [-0.25, -0.2) is 18.7 Å². The summed E-state index contributed by atoms with van der Waals surface area (Å²) in [7, 11) is 0. The molecule has 3 aromatic rings. The van der Waals surface area contributed by atoms with Crippen molar-refractivity contribution in [2.75, 3.05) is 17.2 Å². The number of anilines is 2. The normalized spacial score (nSPS) is 12.6. The Balaban J connectivity index is 1.46. The average molecular weight is 445 g/mol. The molecule has 4 rings (SSSR count). The van der Waals surface area contributed by atoms with Crippen LogP contribution in [0.3, 0.4) is 0 Å². The number of hydrogen-bond donors (Lipinski definition) is 2. The maximum Gasteiger partial charge on any atom is 0.228 e. The second-order valence-corrected chi connectivity index (χ2v) is 7.33. The summed E-state index contributed by atoms with van der Waals surface area (Å²) in [6, 6.07) is 9.91. The van der Waals surface area contributed by atoms with E-state index in [0.717, 1.165) is 16.8 Å². The molecule has 0 unspecified atom stereocenters. The highest BCUT2D eigenvalue weighted by Gasteiger charge is 2.18. The fourth-order valence-corrected chi connectivity index (χ4v) is 3.53. The molecular formula is C20H15BrF2N4O. The summed E-state index contributed by atoms with van der Waals surface area (Å²) < 4.78 is 28.2. The van der Waals surface area contributed by atoms with Crippen LogP contribution in [0, 0.1) is 11.6 Å². The van der Waals surface area contributed by atoms with E-state index in [2.05, 4.69) is 36.5 Å². The topological polar surface area (TPSA) is 66.9 Å². The fraction of sp³-hybridized carbons (Fsp3) is 0.150. The molecule has 1 aliphatic heterocycles. The first-order chi connectivity index (χ1) is 13.5. The van der Waals surface area contributed by atoms with Crippen LogP contribution in [0.15, 0.2) is 47.2 Å². The largest absolute Gasteiger partial charge is 0.370 e. The van der Waals surface area contributed by atoms with Gasteiger partial charge in [-0.15, -0.1) is 0 Å². The van der Waals surface area contributed by atoms with E-state index >= 15 is 0 Å². The number of benzene rings is 2. The lowest BCUT2D eigenvalue weighted by Crippen LogP contribution is -2.09. The minimum Gasteiger partial charge on any atom is -0.370 e. The van der Waals surface area contributed by atoms with E-state index in [-0.39, 0.29) is 17.9 Å². The molecule has 0 aliphatic carbocycles. The highest BCUT2D eigenvalue weighted by Crippen LogP contribution is 2.28. The summed E-state index contributed by atoms with van der Waals surface area (Å²) >= 11 is 3.07. The van der Waals surface area contributed by atoms with Crippen molar-refractivity contribution in [2.45, 2.75) is 12.8 Å². The number of nitrogens with one attached hydrogen (secondary N) is 2. The zero-order valence-corrected chi connectivity index (χ0v) is 16.2. The first-order valence-corrected chi connectivity index (χ1v) is 9.41. The van der Waals surface area contributed by atoms with Crippen LogP contribution in [0.1, 0.15) is 11.1 Å². The Hall–Kier alpha value is -2.87. The monoisotopic (exact) mass is 444 g/mol. The minimum atomic E-state index is -0.585. The van der Waals surface area contributed by atoms with Gasteiger partial charge in [-0.05, 0) is 36.2 Å². The van der Waals surface area contributed by atoms with E-state index in [1.165, 1.54) is 18.5 Å². The average Bonchev–Trinajstić information content (AvgIpc) is 3.03. The number of rotatable bonds is 5. The van der Waals surface area contributed by atoms with Crippen molar-refractivity contribution < 1.29 is 13.6 Å². The maximum atomic E-state index is 13.9. The predicted octanol–water partition coefficient (Wildman–Crippen LogP) is 4.33. The Labute approximate surface area is 168 Å². The van der Waals surface area contributed by atoms with Gasteiger partial charge in [0.05, 0.1) is 12.1 Å². The first-order valence-electron chi connectivity index (χ1n) is 8.62. The van der Waals surface area contributed by atoms with Gasteiger partial charge in [-0.3, -0.25) is 4.79 Å². The van der Waals surface area contributed by atoms with Crippen LogP contribution < -0.4 is 10.6 Å². The van der Waals surface area contributed by atoms with Crippen molar-refractivity contribution >= 4 is 33.3 Å². The molecular weight excluding hydrogens is 430 g/mol. The van der Waals surface area contributed by atoms with Gasteiger partial charge in [0, 0.05) is 33.9 Å². The van der Waals surface area contributed by atoms with E-state index in [1.54, 1.807) is 6.07 Å². The third-order valence-corrected chi connectivity index (χ3v) is 4.94. The van der Waals surface area contributed by atoms with Crippen molar-refractivity contribution in [3.63, 3.8) is 0 Å². The summed E-state index contributed by atoms with van der Waals surface area (Å²) in [5.74, 6) is -0.640. The number of fused-ring (bicyclic) bond motifs is 1. The zero-order valence-electron chi connectivity index (χ0n) is 14.6. The van der Waals surface area contributed by atoms with Gasteiger partial charge in [-0.1, -0.05) is 22.0 Å². The van der Waals surface area contributed by atoms with Gasteiger partial charge >= 0.3 is 0 Å². The SMILES string of the molecule is O=C1Cc2cc(-c3cc(NCCc4c(F)cc(Br)cc4F)ncn3)ccc2N1. The molecule has 0 spiro atoms. The van der Waals surface area contributed by atoms with Gasteiger partial charge in [0.15, 0.2) is 0 Å². The molecule has 8 heteroatoms. The van der Waals surface area contributed by atoms with Gasteiger partial charge < -0.3 is 10.6 Å². The molecule has 28 heavy (non-hydrogen) atoms. The van der Waals surface area contributed by atoms with Crippen molar-refractivity contribution in [3.05, 3.63) is 70.0 Å². The second-order valence-electron chi connectivity index (χ2n) is 6.41. The molecule has 0 atom stereocenters. The van der Waals surface area contributed by atoms with Crippen LogP contribution in [0.4, 0.5) is 20.3 Å². The summed E-state index contributed by atoms with van der Waals surface area (Å²) in [5, 5.41) is 5.86. The first kappa shape index (κ1) is 18.5. The zero-order chi connectivity index (χ0) is 19.7. The van der Waals surface area contributed by atoms with Crippen LogP contribution >= 0.6 is 15.9 Å². The summed E-state index contributed by atoms with van der Waals surface area (Å²) in [6.45, 7) is 0.314. The number of carbonyl (C=O) groups excluding carboxylic acids is 1. The minimum absolute atomic E-state index is 0.0235. The van der Waals surface area contributed by atoms with Crippen molar-refractivity contribution in [1.29, 1.82) is 0 Å². The van der Waals surface area contributed by atoms with Crippen LogP contribution in [0.5, 0.6) is 0 Å². The summed E-state index contributed by atoms with van der Waals surface area (Å²) in [5.41, 5.74) is 3.34. The molecule has 0 saturated heterocycles. The van der Waals surface area contributed by atoms with Crippen LogP contribution in [0.2, 0.25) is 0 Å². The molecule has 0 fully saturated rings. The Kier molecular flexibility index (Phi) is 5.04. The number of carbonyl (C=O) groups is 1. The highest BCUT2D eigenvalue weighted by atomic mass is 79.9. The van der Waals surface area contributed by atoms with Crippen LogP contribution in [-0.2, 0) is 17.6 Å². The quantitative estimate of drug-likeness (QED) is 0.614. The molecule has 0 radical (unpaired) electrons. The van der Waals surface area contributed by atoms with Crippen molar-refractivity contribution in [2.24, 2.45) is 0 Å². The molecule has 1 amide bonds. The van der Waals surface area contributed by atoms with Gasteiger partial charge in [0.2, 0.25) is 5.91 Å². The lowest BCUT2D eigenvalue weighted by molar-refractivity contribution is -0.115. The Morgan fingerprint density at radius 1 is 1.11 bits per heavy atom. The lowest BCUT2D eigenvalue weighted by atomic mass is 10.1. The number of halogens is 3. The van der Waals surface area contributed by atoms with E-state index in [0.29, 0.717) is 29.0 Å². The second kappa shape index (κ2) is 7.63. The van der Waals surface area contributed by atoms with E-state index in [9.17, 15) is 13.6 Å². The van der Waals surface area contributed by atoms with Gasteiger partial charge in [0.25, 0.3) is 0 Å². The number of nitrogens with zero attached hydrogens (tertiary/aromatic N) is 2. The molecule has 0 saturated carbocycles. The predicted molar refractivity (Wildman–Crippen MR) is 106 cm³/mol. The summed E-state index contributed by atoms with van der Waals surface area (Å²) in [4.78, 5) is 19.9. The van der Waals surface area contributed by atoms with Gasteiger partial charge in [-0.2, -0.15) is 0 Å². The number of aromatic nitrogens is 2. The lowest BCUT2D eigenvalue weighted by Gasteiger charge is -2.09. The Bertz CT molecular complexity index is 1050. The molecule has 2 N–H and O–H groups in total. The summed E-state index contributed by atoms with van der Waals surface area (Å²) in [6.07, 6.45) is 1.95. The molecule has 5 nitrogen and oxygen atoms in total. The van der Waals surface area contributed by atoms with Gasteiger partial charge in [0.1, 0.15) is 23.8 Å². The standard InChI is InChI=1S/C20H15BrF2N4O/c21-13-7-15(22)14(16(23)8-13)3-4-24-19-9-18(25-10-26-19)11-1-2-17-12(5-11)6-20(28)27-17/h1-2,5,7-10H,3-4,6H2,(H,27,28)(H,24,25,26). The third-order valence-electron chi connectivity index (χ3n) is 4.48. The van der Waals surface area contributed by atoms with Crippen molar-refractivity contribution in [3.8, 4) is 11.3 Å². The Morgan fingerprint density at radius 3 is 2.68 bits per heavy atom. The highest BCUT2D eigenvalue weighted by molar-refractivity contribution is 9.10. The number of hydrogen-bond acceptors (Lipinski definition) is 4. The fourth-order valence-electron chi connectivity index (χ4n) is 3.13. The number of amides is 1. The molecule has 142 valence electrons. The van der Waals surface area contributed by atoms with E-state index in [1.807, 2.05) is 18.2 Å². The molecule has 2 heterocycles. The third kappa shape index (κ3) is 3.87. The molecule has 1 aromatic heterocycles. The van der Waals surface area contributed by atoms with E-state index in [4.69, 9.17) is 0 Å². The van der Waals surface area contributed by atoms with Crippen LogP contribution in [-0.4, -0.2) is 22.4 Å². The smallest absolute Gasteiger partial charge is 0.228 e. The molecule has 1 aliphatic rings. The molecule has 2 aromatic carbocycles. The maximum absolute atomic E-state index is 13.9. The van der Waals surface area contributed by atoms with Crippen molar-refractivity contribution in [1.82, 2.24) is 9.97 Å². The van der Waals surface area contributed by atoms with E-state index < -0.39 is 11.6 Å². The van der Waals surface area contributed by atoms with Crippen LogP contribution in [0.25, 0.3) is 11.3 Å². The Morgan fingerprint density at radius 2 is 1.89 bits per heavy atom.